The van der Waals surface area contributed by atoms with Crippen LogP contribution in [0, 0.1) is 0 Å². The maximum Gasteiger partial charge on any atom is 0.453 e. The smallest absolute Gasteiger partial charge is 0.353 e. The molecule has 1 aliphatic rings. The normalized spacial score (nSPS) is 25.2. The predicted molar refractivity (Wildman–Crippen MR) is 31.3 cm³/mol. The number of ether oxygens (including phenoxy) is 2. The Morgan fingerprint density at radius 2 is 1.77 bits per heavy atom. The molecular weight excluding hydrogens is 199 g/mol. The van der Waals surface area contributed by atoms with E-state index >= 15 is 0 Å². The second-order valence-electron chi connectivity index (χ2n) is 2.68. The Morgan fingerprint density at radius 1 is 1.15 bits per heavy atom. The fourth-order valence-corrected chi connectivity index (χ4v) is 0.892. The molecule has 1 aliphatic heterocycles. The Labute approximate surface area is 70.6 Å². The van der Waals surface area contributed by atoms with Crippen LogP contribution in [0.5, 0.6) is 0 Å². The lowest BCUT2D eigenvalue weighted by Gasteiger charge is -2.21. The zero-order chi connectivity index (χ0) is 10.1. The second kappa shape index (κ2) is 3.38. The largest absolute Gasteiger partial charge is 0.453 e. The summed E-state index contributed by atoms with van der Waals surface area (Å²) in [5.74, 6) is -4.70. The first-order valence-corrected chi connectivity index (χ1v) is 3.47. The van der Waals surface area contributed by atoms with Crippen LogP contribution in [0.4, 0.5) is 22.0 Å². The highest BCUT2D eigenvalue weighted by Crippen LogP contribution is 2.39. The van der Waals surface area contributed by atoms with Gasteiger partial charge >= 0.3 is 12.1 Å². The summed E-state index contributed by atoms with van der Waals surface area (Å²) < 4.78 is 68.5. The van der Waals surface area contributed by atoms with Crippen molar-refractivity contribution >= 4 is 0 Å². The minimum atomic E-state index is -5.51. The van der Waals surface area contributed by atoms with E-state index in [2.05, 4.69) is 9.47 Å². The quantitative estimate of drug-likeness (QED) is 0.643. The van der Waals surface area contributed by atoms with E-state index in [1.54, 1.807) is 0 Å². The molecule has 1 unspecified atom stereocenters. The monoisotopic (exact) mass is 206 g/mol. The van der Waals surface area contributed by atoms with Crippen molar-refractivity contribution in [2.24, 2.45) is 0 Å². The molecule has 0 saturated carbocycles. The number of halogens is 5. The molecule has 1 fully saturated rings. The molecule has 13 heavy (non-hydrogen) atoms. The standard InChI is InChI=1S/C6H7F5O2/c7-5(8,6(9,10)11)1-4-2-12-3-13-4/h4H,1-3H2. The SMILES string of the molecule is FC(F)(F)C(F)(F)CC1COCO1. The number of hydrogen-bond acceptors (Lipinski definition) is 2. The molecule has 0 amide bonds. The molecule has 0 aliphatic carbocycles. The third-order valence-corrected chi connectivity index (χ3v) is 1.59. The van der Waals surface area contributed by atoms with Crippen LogP contribution >= 0.6 is 0 Å². The van der Waals surface area contributed by atoms with E-state index in [1.807, 2.05) is 0 Å². The van der Waals surface area contributed by atoms with Gasteiger partial charge in [0.25, 0.3) is 0 Å². The molecule has 2 nitrogen and oxygen atoms in total. The molecule has 78 valence electrons. The van der Waals surface area contributed by atoms with Gasteiger partial charge in [0.05, 0.1) is 12.7 Å². The molecule has 0 N–H and O–H groups in total. The van der Waals surface area contributed by atoms with E-state index in [4.69, 9.17) is 0 Å². The van der Waals surface area contributed by atoms with Crippen molar-refractivity contribution in [2.45, 2.75) is 24.6 Å². The van der Waals surface area contributed by atoms with Crippen LogP contribution in [0.3, 0.4) is 0 Å². The minimum absolute atomic E-state index is 0.217. The molecular formula is C6H7F5O2. The molecule has 0 aromatic rings. The first kappa shape index (κ1) is 10.6. The average Bonchev–Trinajstić information content (AvgIpc) is 2.35. The van der Waals surface area contributed by atoms with Crippen molar-refractivity contribution in [1.29, 1.82) is 0 Å². The highest BCUT2D eigenvalue weighted by molar-refractivity contribution is 4.80. The maximum atomic E-state index is 12.3. The summed E-state index contributed by atoms with van der Waals surface area (Å²) in [4.78, 5) is 0. The second-order valence-corrected chi connectivity index (χ2v) is 2.68. The average molecular weight is 206 g/mol. The summed E-state index contributed by atoms with van der Waals surface area (Å²) in [7, 11) is 0. The van der Waals surface area contributed by atoms with E-state index in [0.717, 1.165) is 0 Å². The van der Waals surface area contributed by atoms with Gasteiger partial charge < -0.3 is 9.47 Å². The fraction of sp³-hybridized carbons (Fsp3) is 1.00. The zero-order valence-electron chi connectivity index (χ0n) is 6.40. The molecule has 0 aromatic heterocycles. The van der Waals surface area contributed by atoms with Gasteiger partial charge in [0.1, 0.15) is 6.79 Å². The van der Waals surface area contributed by atoms with Crippen molar-refractivity contribution in [1.82, 2.24) is 0 Å². The first-order chi connectivity index (χ1) is 5.83. The molecule has 0 aromatic carbocycles. The highest BCUT2D eigenvalue weighted by Gasteiger charge is 2.58. The van der Waals surface area contributed by atoms with Crippen molar-refractivity contribution in [3.05, 3.63) is 0 Å². The van der Waals surface area contributed by atoms with Gasteiger partial charge in [0, 0.05) is 6.42 Å². The van der Waals surface area contributed by atoms with Gasteiger partial charge in [-0.05, 0) is 0 Å². The Hall–Kier alpha value is -0.430. The fourth-order valence-electron chi connectivity index (χ4n) is 0.892. The molecule has 0 bridgehead atoms. The maximum absolute atomic E-state index is 12.3. The summed E-state index contributed by atoms with van der Waals surface area (Å²) in [6, 6.07) is 0. The van der Waals surface area contributed by atoms with Gasteiger partial charge in [-0.3, -0.25) is 0 Å². The number of alkyl halides is 5. The Balaban J connectivity index is 2.50. The van der Waals surface area contributed by atoms with Crippen LogP contribution in [0.15, 0.2) is 0 Å². The third-order valence-electron chi connectivity index (χ3n) is 1.59. The van der Waals surface area contributed by atoms with E-state index in [9.17, 15) is 22.0 Å². The summed E-state index contributed by atoms with van der Waals surface area (Å²) >= 11 is 0. The Kier molecular flexibility index (Phi) is 2.76. The van der Waals surface area contributed by atoms with Gasteiger partial charge in [-0.25, -0.2) is 0 Å². The molecule has 1 heterocycles. The van der Waals surface area contributed by atoms with E-state index in [1.165, 1.54) is 0 Å². The van der Waals surface area contributed by atoms with Crippen molar-refractivity contribution in [2.75, 3.05) is 13.4 Å². The zero-order valence-corrected chi connectivity index (χ0v) is 6.40. The van der Waals surface area contributed by atoms with E-state index in [-0.39, 0.29) is 13.4 Å². The van der Waals surface area contributed by atoms with Crippen LogP contribution < -0.4 is 0 Å². The van der Waals surface area contributed by atoms with Crippen LogP contribution in [0.25, 0.3) is 0 Å². The molecule has 7 heteroatoms. The lowest BCUT2D eigenvalue weighted by atomic mass is 10.1. The molecule has 1 rings (SSSR count). The van der Waals surface area contributed by atoms with E-state index < -0.39 is 24.6 Å². The van der Waals surface area contributed by atoms with Gasteiger partial charge in [0.2, 0.25) is 0 Å². The summed E-state index contributed by atoms with van der Waals surface area (Å²) in [5, 5.41) is 0. The van der Waals surface area contributed by atoms with Gasteiger partial charge in [-0.2, -0.15) is 22.0 Å². The molecule has 0 radical (unpaired) electrons. The highest BCUT2D eigenvalue weighted by atomic mass is 19.4. The van der Waals surface area contributed by atoms with Gasteiger partial charge in [0.15, 0.2) is 0 Å². The lowest BCUT2D eigenvalue weighted by Crippen LogP contribution is -2.40. The van der Waals surface area contributed by atoms with Crippen LogP contribution in [0.2, 0.25) is 0 Å². The molecule has 1 saturated heterocycles. The number of hydrogen-bond donors (Lipinski definition) is 0. The minimum Gasteiger partial charge on any atom is -0.353 e. The Bertz CT molecular complexity index is 172. The van der Waals surface area contributed by atoms with Crippen molar-refractivity contribution < 1.29 is 31.4 Å². The third kappa shape index (κ3) is 2.50. The predicted octanol–water partition coefficient (Wildman–Crippen LogP) is 1.95. The first-order valence-electron chi connectivity index (χ1n) is 3.47. The molecule has 1 atom stereocenters. The summed E-state index contributed by atoms with van der Waals surface area (Å²) in [5.41, 5.74) is 0. The van der Waals surface area contributed by atoms with Crippen LogP contribution in [-0.2, 0) is 9.47 Å². The van der Waals surface area contributed by atoms with Crippen molar-refractivity contribution in [3.8, 4) is 0 Å². The number of rotatable bonds is 2. The summed E-state index contributed by atoms with van der Waals surface area (Å²) in [6.07, 6.45) is -8.06. The molecule has 0 spiro atoms. The van der Waals surface area contributed by atoms with E-state index in [0.29, 0.717) is 0 Å². The Morgan fingerprint density at radius 3 is 2.15 bits per heavy atom. The van der Waals surface area contributed by atoms with Crippen LogP contribution in [-0.4, -0.2) is 31.6 Å². The van der Waals surface area contributed by atoms with Gasteiger partial charge in [-0.15, -0.1) is 0 Å². The lowest BCUT2D eigenvalue weighted by molar-refractivity contribution is -0.289. The van der Waals surface area contributed by atoms with Crippen LogP contribution in [0.1, 0.15) is 6.42 Å². The van der Waals surface area contributed by atoms with Crippen molar-refractivity contribution in [3.63, 3.8) is 0 Å². The topological polar surface area (TPSA) is 18.5 Å². The van der Waals surface area contributed by atoms with Gasteiger partial charge in [-0.1, -0.05) is 0 Å². The summed E-state index contributed by atoms with van der Waals surface area (Å²) in [6.45, 7) is -0.440.